The quantitative estimate of drug-likeness (QED) is 0.735. The Morgan fingerprint density at radius 2 is 2.11 bits per heavy atom. The fraction of sp³-hybridized carbons (Fsp3) is 0.167. The largest absolute Gasteiger partial charge is 0.454 e. The van der Waals surface area contributed by atoms with Crippen LogP contribution in [0.1, 0.15) is 5.56 Å². The van der Waals surface area contributed by atoms with Gasteiger partial charge in [-0.2, -0.15) is 0 Å². The number of nitrogens with two attached hydrogens (primary N) is 1. The molecule has 0 aliphatic carbocycles. The summed E-state index contributed by atoms with van der Waals surface area (Å²) in [4.78, 5) is 21.8. The van der Waals surface area contributed by atoms with Crippen molar-refractivity contribution in [3.8, 4) is 11.5 Å². The molecular weight excluding hydrogens is 236 g/mol. The molecular formula is C12H12N2O4. The zero-order valence-corrected chi connectivity index (χ0v) is 9.51. The van der Waals surface area contributed by atoms with Crippen molar-refractivity contribution in [2.24, 2.45) is 5.73 Å². The molecule has 2 amide bonds. The summed E-state index contributed by atoms with van der Waals surface area (Å²) in [5.41, 5.74) is 5.70. The lowest BCUT2D eigenvalue weighted by atomic mass is 10.2. The topological polar surface area (TPSA) is 90.7 Å². The second-order valence-corrected chi connectivity index (χ2v) is 3.63. The summed E-state index contributed by atoms with van der Waals surface area (Å²) in [5.74, 6) is 0.367. The van der Waals surface area contributed by atoms with Crippen LogP contribution in [0.4, 0.5) is 0 Å². The van der Waals surface area contributed by atoms with Crippen LogP contribution in [0.15, 0.2) is 24.3 Å². The maximum atomic E-state index is 11.3. The maximum absolute atomic E-state index is 11.3. The van der Waals surface area contributed by atoms with E-state index in [0.29, 0.717) is 11.5 Å². The first-order chi connectivity index (χ1) is 8.65. The van der Waals surface area contributed by atoms with E-state index in [1.165, 1.54) is 6.08 Å². The molecule has 2 rings (SSSR count). The van der Waals surface area contributed by atoms with Gasteiger partial charge >= 0.3 is 0 Å². The van der Waals surface area contributed by atoms with Gasteiger partial charge in [0.05, 0.1) is 6.54 Å². The normalized spacial score (nSPS) is 12.7. The van der Waals surface area contributed by atoms with E-state index in [4.69, 9.17) is 15.2 Å². The van der Waals surface area contributed by atoms with Gasteiger partial charge < -0.3 is 20.5 Å². The predicted octanol–water partition coefficient (Wildman–Crippen LogP) is 0.0300. The zero-order valence-electron chi connectivity index (χ0n) is 9.51. The van der Waals surface area contributed by atoms with E-state index in [-0.39, 0.29) is 19.2 Å². The zero-order chi connectivity index (χ0) is 13.0. The Balaban J connectivity index is 1.96. The highest BCUT2D eigenvalue weighted by molar-refractivity contribution is 5.94. The molecule has 0 spiro atoms. The Morgan fingerprint density at radius 3 is 2.89 bits per heavy atom. The first-order valence-corrected chi connectivity index (χ1v) is 5.29. The van der Waals surface area contributed by atoms with Crippen molar-refractivity contribution in [2.45, 2.75) is 0 Å². The summed E-state index contributed by atoms with van der Waals surface area (Å²) < 4.78 is 10.4. The Labute approximate surface area is 103 Å². The van der Waals surface area contributed by atoms with Crippen molar-refractivity contribution in [1.29, 1.82) is 0 Å². The van der Waals surface area contributed by atoms with Crippen LogP contribution in [0.25, 0.3) is 6.08 Å². The van der Waals surface area contributed by atoms with Gasteiger partial charge in [0, 0.05) is 6.08 Å². The van der Waals surface area contributed by atoms with Crippen LogP contribution in [0, 0.1) is 0 Å². The highest BCUT2D eigenvalue weighted by Crippen LogP contribution is 2.32. The van der Waals surface area contributed by atoms with Gasteiger partial charge in [-0.15, -0.1) is 0 Å². The minimum Gasteiger partial charge on any atom is -0.454 e. The van der Waals surface area contributed by atoms with Gasteiger partial charge in [-0.05, 0) is 23.8 Å². The molecule has 1 aliphatic rings. The highest BCUT2D eigenvalue weighted by Gasteiger charge is 2.12. The van der Waals surface area contributed by atoms with E-state index >= 15 is 0 Å². The molecule has 0 saturated heterocycles. The monoisotopic (exact) mass is 248 g/mol. The van der Waals surface area contributed by atoms with Crippen LogP contribution in [0.2, 0.25) is 0 Å². The van der Waals surface area contributed by atoms with Gasteiger partial charge in [0.2, 0.25) is 18.6 Å². The lowest BCUT2D eigenvalue weighted by Gasteiger charge is -1.99. The number of carbonyl (C=O) groups is 2. The summed E-state index contributed by atoms with van der Waals surface area (Å²) in [6.07, 6.45) is 2.93. The summed E-state index contributed by atoms with van der Waals surface area (Å²) >= 11 is 0. The first-order valence-electron chi connectivity index (χ1n) is 5.29. The molecule has 0 unspecified atom stereocenters. The Kier molecular flexibility index (Phi) is 3.47. The highest BCUT2D eigenvalue weighted by atomic mass is 16.7. The minimum absolute atomic E-state index is 0.176. The first kappa shape index (κ1) is 12.0. The molecule has 0 atom stereocenters. The Hall–Kier alpha value is -2.50. The molecule has 94 valence electrons. The van der Waals surface area contributed by atoms with Crippen LogP contribution in [-0.2, 0) is 9.59 Å². The van der Waals surface area contributed by atoms with Gasteiger partial charge in [-0.3, -0.25) is 9.59 Å². The number of benzene rings is 1. The molecule has 3 N–H and O–H groups in total. The second kappa shape index (κ2) is 5.22. The number of amides is 2. The van der Waals surface area contributed by atoms with Gasteiger partial charge in [0.1, 0.15) is 0 Å². The molecule has 6 heteroatoms. The molecule has 0 saturated carbocycles. The summed E-state index contributed by atoms with van der Waals surface area (Å²) in [7, 11) is 0. The smallest absolute Gasteiger partial charge is 0.244 e. The van der Waals surface area contributed by atoms with Gasteiger partial charge in [-0.1, -0.05) is 6.07 Å². The predicted molar refractivity (Wildman–Crippen MR) is 63.8 cm³/mol. The third kappa shape index (κ3) is 3.00. The van der Waals surface area contributed by atoms with Gasteiger partial charge in [0.15, 0.2) is 11.5 Å². The second-order valence-electron chi connectivity index (χ2n) is 3.63. The number of primary amides is 1. The van der Waals surface area contributed by atoms with E-state index in [2.05, 4.69) is 5.32 Å². The van der Waals surface area contributed by atoms with Crippen LogP contribution in [0.5, 0.6) is 11.5 Å². The van der Waals surface area contributed by atoms with Crippen molar-refractivity contribution in [3.63, 3.8) is 0 Å². The van der Waals surface area contributed by atoms with Crippen LogP contribution < -0.4 is 20.5 Å². The molecule has 0 fully saturated rings. The number of nitrogens with one attached hydrogen (secondary N) is 1. The van der Waals surface area contributed by atoms with Crippen molar-refractivity contribution in [3.05, 3.63) is 29.8 Å². The van der Waals surface area contributed by atoms with Crippen molar-refractivity contribution >= 4 is 17.9 Å². The molecule has 0 bridgehead atoms. The minimum atomic E-state index is -0.583. The summed E-state index contributed by atoms with van der Waals surface area (Å²) in [6.45, 7) is 0.0336. The lowest BCUT2D eigenvalue weighted by molar-refractivity contribution is -0.122. The number of ether oxygens (including phenoxy) is 2. The van der Waals surface area contributed by atoms with Crippen LogP contribution >= 0.6 is 0 Å². The average molecular weight is 248 g/mol. The average Bonchev–Trinajstić information content (AvgIpc) is 2.81. The van der Waals surface area contributed by atoms with Crippen LogP contribution in [-0.4, -0.2) is 25.2 Å². The number of hydrogen-bond donors (Lipinski definition) is 2. The fourth-order valence-corrected chi connectivity index (χ4v) is 1.42. The molecule has 18 heavy (non-hydrogen) atoms. The number of fused-ring (bicyclic) bond motifs is 1. The summed E-state index contributed by atoms with van der Waals surface area (Å²) in [5, 5.41) is 2.35. The van der Waals surface area contributed by atoms with Crippen LogP contribution in [0.3, 0.4) is 0 Å². The lowest BCUT2D eigenvalue weighted by Crippen LogP contribution is -2.32. The number of carbonyl (C=O) groups excluding carboxylic acids is 2. The van der Waals surface area contributed by atoms with Crippen molar-refractivity contribution < 1.29 is 19.1 Å². The molecule has 1 heterocycles. The maximum Gasteiger partial charge on any atom is 0.244 e. The van der Waals surface area contributed by atoms with E-state index in [1.54, 1.807) is 24.3 Å². The SMILES string of the molecule is NC(=O)CNC(=O)C=Cc1ccc2c(c1)OCO2. The molecule has 0 radical (unpaired) electrons. The van der Waals surface area contributed by atoms with E-state index in [1.807, 2.05) is 0 Å². The van der Waals surface area contributed by atoms with E-state index < -0.39 is 5.91 Å². The van der Waals surface area contributed by atoms with E-state index in [9.17, 15) is 9.59 Å². The molecule has 1 aliphatic heterocycles. The fourth-order valence-electron chi connectivity index (χ4n) is 1.42. The van der Waals surface area contributed by atoms with Gasteiger partial charge in [0.25, 0.3) is 0 Å². The van der Waals surface area contributed by atoms with Gasteiger partial charge in [-0.25, -0.2) is 0 Å². The Morgan fingerprint density at radius 1 is 1.33 bits per heavy atom. The van der Waals surface area contributed by atoms with E-state index in [0.717, 1.165) is 5.56 Å². The third-order valence-corrected chi connectivity index (χ3v) is 2.26. The Bertz CT molecular complexity index is 511. The number of rotatable bonds is 4. The third-order valence-electron chi connectivity index (χ3n) is 2.26. The molecule has 1 aromatic carbocycles. The molecule has 6 nitrogen and oxygen atoms in total. The number of hydrogen-bond acceptors (Lipinski definition) is 4. The summed E-state index contributed by atoms with van der Waals surface area (Å²) in [6, 6.07) is 5.33. The molecule has 1 aromatic rings. The van der Waals surface area contributed by atoms with Crippen molar-refractivity contribution in [2.75, 3.05) is 13.3 Å². The molecule has 0 aromatic heterocycles. The standard InChI is InChI=1S/C12H12N2O4/c13-11(15)6-14-12(16)4-2-8-1-3-9-10(5-8)18-7-17-9/h1-5H,6-7H2,(H2,13,15)(H,14,16). The van der Waals surface area contributed by atoms with Crippen molar-refractivity contribution in [1.82, 2.24) is 5.32 Å².